The monoisotopic (exact) mass is 320 g/mol. The van der Waals surface area contributed by atoms with E-state index in [1.165, 1.54) is 0 Å². The summed E-state index contributed by atoms with van der Waals surface area (Å²) >= 11 is 0. The molecule has 1 aromatic carbocycles. The van der Waals surface area contributed by atoms with Crippen LogP contribution >= 0.6 is 0 Å². The number of amides is 1. The quantitative estimate of drug-likeness (QED) is 0.845. The van der Waals surface area contributed by atoms with Crippen molar-refractivity contribution in [2.45, 2.75) is 51.9 Å². The Morgan fingerprint density at radius 2 is 2.13 bits per heavy atom. The largest absolute Gasteiger partial charge is 0.444 e. The normalized spacial score (nSPS) is 16.3. The number of hydrogen-bond donors (Lipinski definition) is 2. The van der Waals surface area contributed by atoms with Crippen molar-refractivity contribution in [3.8, 4) is 0 Å². The van der Waals surface area contributed by atoms with Gasteiger partial charge in [0.15, 0.2) is 0 Å². The molecule has 1 aliphatic carbocycles. The number of nitrogens with one attached hydrogen (secondary N) is 1. The van der Waals surface area contributed by atoms with E-state index in [-0.39, 0.29) is 6.10 Å². The second kappa shape index (κ2) is 7.32. The Balaban J connectivity index is 1.87. The molecule has 0 radical (unpaired) electrons. The molecular weight excluding hydrogens is 292 g/mol. The first-order valence-corrected chi connectivity index (χ1v) is 8.18. The molecule has 128 valence electrons. The molecule has 0 aliphatic heterocycles. The third-order valence-corrected chi connectivity index (χ3v) is 3.69. The minimum Gasteiger partial charge on any atom is -0.444 e. The minimum atomic E-state index is -0.513. The van der Waals surface area contributed by atoms with Crippen LogP contribution < -0.4 is 5.32 Å². The molecule has 0 aromatic heterocycles. The second-order valence-electron chi connectivity index (χ2n) is 7.43. The van der Waals surface area contributed by atoms with Gasteiger partial charge in [-0.15, -0.1) is 0 Å². The van der Waals surface area contributed by atoms with E-state index >= 15 is 0 Å². The van der Waals surface area contributed by atoms with Gasteiger partial charge in [-0.25, -0.2) is 4.79 Å². The van der Waals surface area contributed by atoms with E-state index in [0.717, 1.165) is 24.9 Å². The van der Waals surface area contributed by atoms with Gasteiger partial charge in [-0.1, -0.05) is 12.1 Å². The molecule has 1 aliphatic rings. The predicted molar refractivity (Wildman–Crippen MR) is 91.4 cm³/mol. The number of anilines is 1. The molecule has 0 heterocycles. The lowest BCUT2D eigenvalue weighted by atomic mass is 10.1. The standard InChI is InChI=1S/C18H28N2O3/c1-18(2,3)23-17(22)19-15-7-5-6-13(10-15)11-20(4)12-16(21)14-8-9-14/h5-7,10,14,16,21H,8-9,11-12H2,1-4H3,(H,19,22). The molecule has 23 heavy (non-hydrogen) atoms. The Bertz CT molecular complexity index is 535. The lowest BCUT2D eigenvalue weighted by Gasteiger charge is -2.21. The molecule has 2 N–H and O–H groups in total. The number of benzene rings is 1. The Morgan fingerprint density at radius 3 is 2.74 bits per heavy atom. The van der Waals surface area contributed by atoms with Gasteiger partial charge in [0.1, 0.15) is 5.60 Å². The van der Waals surface area contributed by atoms with Gasteiger partial charge in [-0.2, -0.15) is 0 Å². The molecule has 1 saturated carbocycles. The van der Waals surface area contributed by atoms with Crippen LogP contribution in [-0.4, -0.2) is 41.4 Å². The van der Waals surface area contributed by atoms with Crippen molar-refractivity contribution < 1.29 is 14.6 Å². The highest BCUT2D eigenvalue weighted by molar-refractivity contribution is 5.84. The molecule has 1 aromatic rings. The zero-order valence-electron chi connectivity index (χ0n) is 14.5. The third-order valence-electron chi connectivity index (χ3n) is 3.69. The van der Waals surface area contributed by atoms with Crippen molar-refractivity contribution in [3.05, 3.63) is 29.8 Å². The van der Waals surface area contributed by atoms with Gasteiger partial charge in [-0.05, 0) is 64.3 Å². The predicted octanol–water partition coefficient (Wildman–Crippen LogP) is 3.24. The van der Waals surface area contributed by atoms with Crippen LogP contribution in [0.1, 0.15) is 39.2 Å². The van der Waals surface area contributed by atoms with Crippen molar-refractivity contribution in [3.63, 3.8) is 0 Å². The van der Waals surface area contributed by atoms with Crippen LogP contribution in [0, 0.1) is 5.92 Å². The summed E-state index contributed by atoms with van der Waals surface area (Å²) in [5.41, 5.74) is 1.29. The van der Waals surface area contributed by atoms with Crippen molar-refractivity contribution in [1.29, 1.82) is 0 Å². The van der Waals surface area contributed by atoms with Crippen LogP contribution in [0.15, 0.2) is 24.3 Å². The number of nitrogens with zero attached hydrogens (tertiary/aromatic N) is 1. The number of ether oxygens (including phenoxy) is 1. The molecule has 5 nitrogen and oxygen atoms in total. The summed E-state index contributed by atoms with van der Waals surface area (Å²) in [6.07, 6.45) is 1.60. The number of hydrogen-bond acceptors (Lipinski definition) is 4. The molecule has 0 spiro atoms. The van der Waals surface area contributed by atoms with Gasteiger partial charge in [-0.3, -0.25) is 10.2 Å². The van der Waals surface area contributed by atoms with Crippen molar-refractivity contribution in [2.24, 2.45) is 5.92 Å². The summed E-state index contributed by atoms with van der Waals surface area (Å²) in [5.74, 6) is 0.484. The highest BCUT2D eigenvalue weighted by Gasteiger charge is 2.30. The molecule has 1 unspecified atom stereocenters. The Morgan fingerprint density at radius 1 is 1.43 bits per heavy atom. The number of carbonyl (C=O) groups is 1. The SMILES string of the molecule is CN(Cc1cccc(NC(=O)OC(C)(C)C)c1)CC(O)C1CC1. The van der Waals surface area contributed by atoms with Crippen molar-refractivity contribution >= 4 is 11.8 Å². The summed E-state index contributed by atoms with van der Waals surface area (Å²) in [6, 6.07) is 7.70. The molecule has 1 fully saturated rings. The van der Waals surface area contributed by atoms with Crippen LogP contribution in [-0.2, 0) is 11.3 Å². The molecule has 1 atom stereocenters. The number of carbonyl (C=O) groups excluding carboxylic acids is 1. The fraction of sp³-hybridized carbons (Fsp3) is 0.611. The molecule has 2 rings (SSSR count). The van der Waals surface area contributed by atoms with E-state index in [9.17, 15) is 9.90 Å². The van der Waals surface area contributed by atoms with Crippen LogP contribution in [0.4, 0.5) is 10.5 Å². The van der Waals surface area contributed by atoms with Crippen LogP contribution in [0.3, 0.4) is 0 Å². The van der Waals surface area contributed by atoms with E-state index in [4.69, 9.17) is 4.74 Å². The van der Waals surface area contributed by atoms with Crippen LogP contribution in [0.5, 0.6) is 0 Å². The van der Waals surface area contributed by atoms with Crippen molar-refractivity contribution in [2.75, 3.05) is 18.9 Å². The smallest absolute Gasteiger partial charge is 0.412 e. The Kier molecular flexibility index (Phi) is 5.65. The van der Waals surface area contributed by atoms with E-state index < -0.39 is 11.7 Å². The minimum absolute atomic E-state index is 0.233. The average molecular weight is 320 g/mol. The fourth-order valence-corrected chi connectivity index (χ4v) is 2.49. The highest BCUT2D eigenvalue weighted by atomic mass is 16.6. The Labute approximate surface area is 138 Å². The summed E-state index contributed by atoms with van der Waals surface area (Å²) in [5, 5.41) is 12.8. The van der Waals surface area contributed by atoms with E-state index in [1.54, 1.807) is 0 Å². The van der Waals surface area contributed by atoms with Gasteiger partial charge < -0.3 is 9.84 Å². The maximum absolute atomic E-state index is 11.8. The van der Waals surface area contributed by atoms with Crippen molar-refractivity contribution in [1.82, 2.24) is 4.90 Å². The van der Waals surface area contributed by atoms with Crippen LogP contribution in [0.2, 0.25) is 0 Å². The van der Waals surface area contributed by atoms with Gasteiger partial charge in [0.2, 0.25) is 0 Å². The molecular formula is C18H28N2O3. The number of aliphatic hydroxyl groups excluding tert-OH is 1. The lowest BCUT2D eigenvalue weighted by molar-refractivity contribution is 0.0636. The number of rotatable bonds is 6. The van der Waals surface area contributed by atoms with Gasteiger partial charge in [0.05, 0.1) is 6.10 Å². The zero-order chi connectivity index (χ0) is 17.0. The number of aliphatic hydroxyl groups is 1. The third kappa shape index (κ3) is 6.59. The van der Waals surface area contributed by atoms with E-state index in [0.29, 0.717) is 18.2 Å². The van der Waals surface area contributed by atoms with E-state index in [1.807, 2.05) is 52.1 Å². The van der Waals surface area contributed by atoms with Gasteiger partial charge in [0.25, 0.3) is 0 Å². The Hall–Kier alpha value is -1.59. The molecule has 0 bridgehead atoms. The highest BCUT2D eigenvalue weighted by Crippen LogP contribution is 2.32. The fourth-order valence-electron chi connectivity index (χ4n) is 2.49. The maximum atomic E-state index is 11.8. The topological polar surface area (TPSA) is 61.8 Å². The van der Waals surface area contributed by atoms with E-state index in [2.05, 4.69) is 10.2 Å². The second-order valence-corrected chi connectivity index (χ2v) is 7.43. The summed E-state index contributed by atoms with van der Waals surface area (Å²) in [6.45, 7) is 6.91. The average Bonchev–Trinajstić information content (AvgIpc) is 3.20. The number of likely N-dealkylation sites (N-methyl/N-ethyl adjacent to an activating group) is 1. The summed E-state index contributed by atoms with van der Waals surface area (Å²) in [4.78, 5) is 13.9. The first-order chi connectivity index (χ1) is 10.7. The lowest BCUT2D eigenvalue weighted by Crippen LogP contribution is -2.30. The maximum Gasteiger partial charge on any atom is 0.412 e. The molecule has 5 heteroatoms. The van der Waals surface area contributed by atoms with Gasteiger partial charge in [0, 0.05) is 18.8 Å². The van der Waals surface area contributed by atoms with Crippen LogP contribution in [0.25, 0.3) is 0 Å². The zero-order valence-corrected chi connectivity index (χ0v) is 14.5. The molecule has 0 saturated heterocycles. The first kappa shape index (κ1) is 17.8. The summed E-state index contributed by atoms with van der Waals surface area (Å²) in [7, 11) is 2.00. The summed E-state index contributed by atoms with van der Waals surface area (Å²) < 4.78 is 5.25. The first-order valence-electron chi connectivity index (χ1n) is 8.18. The van der Waals surface area contributed by atoms with Gasteiger partial charge >= 0.3 is 6.09 Å². The molecule has 1 amide bonds.